The van der Waals surface area contributed by atoms with Gasteiger partial charge in [-0.1, -0.05) is 56.3 Å². The Morgan fingerprint density at radius 3 is 2.73 bits per heavy atom. The van der Waals surface area contributed by atoms with Crippen molar-refractivity contribution in [2.24, 2.45) is 5.92 Å². The molecule has 2 heterocycles. The smallest absolute Gasteiger partial charge is 0.227 e. The molecule has 0 saturated carbocycles. The minimum Gasteiger partial charge on any atom is -0.342 e. The molecule has 0 radical (unpaired) electrons. The molecular weight excluding hydrogens is 322 g/mol. The largest absolute Gasteiger partial charge is 0.342 e. The topological polar surface area (TPSA) is 38.1 Å². The Morgan fingerprint density at radius 2 is 1.92 bits per heavy atom. The van der Waals surface area contributed by atoms with Crippen LogP contribution in [0.3, 0.4) is 0 Å². The third-order valence-corrected chi connectivity index (χ3v) is 5.25. The summed E-state index contributed by atoms with van der Waals surface area (Å²) in [6.45, 7) is 6.98. The van der Waals surface area contributed by atoms with Crippen LogP contribution < -0.4 is 0 Å². The summed E-state index contributed by atoms with van der Waals surface area (Å²) in [5, 5.41) is 2.38. The molecule has 1 aromatic heterocycles. The molecule has 1 saturated heterocycles. The number of carbonyl (C=O) groups excluding carboxylic acids is 1. The highest BCUT2D eigenvalue weighted by Gasteiger charge is 2.31. The molecule has 0 N–H and O–H groups in total. The highest BCUT2D eigenvalue weighted by Crippen LogP contribution is 2.24. The van der Waals surface area contributed by atoms with E-state index in [-0.39, 0.29) is 5.91 Å². The van der Waals surface area contributed by atoms with E-state index < -0.39 is 0 Å². The first-order valence-electron chi connectivity index (χ1n) is 9.37. The molecule has 1 amide bonds. The number of benzene rings is 2. The van der Waals surface area contributed by atoms with Gasteiger partial charge in [0, 0.05) is 43.9 Å². The van der Waals surface area contributed by atoms with Crippen LogP contribution in [0.5, 0.6) is 0 Å². The fourth-order valence-corrected chi connectivity index (χ4v) is 3.86. The molecule has 0 bridgehead atoms. The molecule has 1 aliphatic rings. The Kier molecular flexibility index (Phi) is 4.49. The number of fused-ring (bicyclic) bond motifs is 1. The Hall–Kier alpha value is -2.62. The molecule has 0 spiro atoms. The summed E-state index contributed by atoms with van der Waals surface area (Å²) in [6, 6.07) is 14.5. The van der Waals surface area contributed by atoms with Gasteiger partial charge in [-0.15, -0.1) is 0 Å². The van der Waals surface area contributed by atoms with Crippen LogP contribution in [0.25, 0.3) is 10.8 Å². The minimum atomic E-state index is 0.229. The standard InChI is InChI=1S/C22H25N3O/c1-16(2)22-23-10-11-24(22)13-17-14-25(15-17)21(26)12-19-8-5-7-18-6-3-4-9-20(18)19/h3-11,16-17H,12-15H2,1-2H3. The Labute approximate surface area is 154 Å². The predicted octanol–water partition coefficient (Wildman–Crippen LogP) is 3.86. The van der Waals surface area contributed by atoms with Crippen LogP contribution in [-0.2, 0) is 17.8 Å². The first-order valence-corrected chi connectivity index (χ1v) is 9.37. The number of rotatable bonds is 5. The number of hydrogen-bond donors (Lipinski definition) is 0. The van der Waals surface area contributed by atoms with Gasteiger partial charge in [0.25, 0.3) is 0 Å². The first-order chi connectivity index (χ1) is 12.6. The Bertz CT molecular complexity index is 917. The van der Waals surface area contributed by atoms with Crippen molar-refractivity contribution in [1.29, 1.82) is 0 Å². The van der Waals surface area contributed by atoms with E-state index in [0.29, 0.717) is 18.3 Å². The third kappa shape index (κ3) is 3.24. The lowest BCUT2D eigenvalue weighted by Crippen LogP contribution is -2.52. The molecule has 0 atom stereocenters. The van der Waals surface area contributed by atoms with Crippen molar-refractivity contribution in [2.75, 3.05) is 13.1 Å². The van der Waals surface area contributed by atoms with E-state index in [2.05, 4.69) is 53.9 Å². The molecule has 4 nitrogen and oxygen atoms in total. The maximum atomic E-state index is 12.7. The van der Waals surface area contributed by atoms with Crippen LogP contribution in [0.1, 0.15) is 31.2 Å². The van der Waals surface area contributed by atoms with Gasteiger partial charge < -0.3 is 9.47 Å². The molecule has 4 rings (SSSR count). The summed E-state index contributed by atoms with van der Waals surface area (Å²) in [7, 11) is 0. The number of aromatic nitrogens is 2. The molecule has 1 aliphatic heterocycles. The summed E-state index contributed by atoms with van der Waals surface area (Å²) in [4.78, 5) is 19.1. The molecule has 0 unspecified atom stereocenters. The normalized spacial score (nSPS) is 14.8. The van der Waals surface area contributed by atoms with Crippen LogP contribution in [-0.4, -0.2) is 33.4 Å². The lowest BCUT2D eigenvalue weighted by atomic mass is 9.97. The Balaban J connectivity index is 1.37. The molecule has 2 aromatic carbocycles. The van der Waals surface area contributed by atoms with E-state index in [9.17, 15) is 4.79 Å². The van der Waals surface area contributed by atoms with Gasteiger partial charge in [0.05, 0.1) is 6.42 Å². The van der Waals surface area contributed by atoms with Crippen LogP contribution >= 0.6 is 0 Å². The van der Waals surface area contributed by atoms with Crippen LogP contribution in [0.4, 0.5) is 0 Å². The summed E-state index contributed by atoms with van der Waals surface area (Å²) in [5.41, 5.74) is 1.12. The SMILES string of the molecule is CC(C)c1nccn1CC1CN(C(=O)Cc2cccc3ccccc23)C1. The summed E-state index contributed by atoms with van der Waals surface area (Å²) in [5.74, 6) is 2.31. The van der Waals surface area contributed by atoms with E-state index >= 15 is 0 Å². The molecule has 26 heavy (non-hydrogen) atoms. The number of carbonyl (C=O) groups is 1. The van der Waals surface area contributed by atoms with Gasteiger partial charge in [-0.05, 0) is 16.3 Å². The van der Waals surface area contributed by atoms with E-state index in [1.54, 1.807) is 0 Å². The maximum Gasteiger partial charge on any atom is 0.227 e. The van der Waals surface area contributed by atoms with Gasteiger partial charge in [-0.25, -0.2) is 4.98 Å². The van der Waals surface area contributed by atoms with E-state index in [4.69, 9.17) is 0 Å². The van der Waals surface area contributed by atoms with Gasteiger partial charge in [0.15, 0.2) is 0 Å². The number of hydrogen-bond acceptors (Lipinski definition) is 2. The van der Waals surface area contributed by atoms with Gasteiger partial charge in [0.2, 0.25) is 5.91 Å². The lowest BCUT2D eigenvalue weighted by molar-refractivity contribution is -0.137. The average Bonchev–Trinajstić information content (AvgIpc) is 3.06. The Morgan fingerprint density at radius 1 is 1.15 bits per heavy atom. The van der Waals surface area contributed by atoms with Crippen molar-refractivity contribution in [2.45, 2.75) is 32.7 Å². The third-order valence-electron chi connectivity index (χ3n) is 5.25. The summed E-state index contributed by atoms with van der Waals surface area (Å²) in [6.07, 6.45) is 4.41. The predicted molar refractivity (Wildman–Crippen MR) is 104 cm³/mol. The monoisotopic (exact) mass is 347 g/mol. The van der Waals surface area contributed by atoms with Crippen LogP contribution in [0, 0.1) is 5.92 Å². The average molecular weight is 347 g/mol. The highest BCUT2D eigenvalue weighted by atomic mass is 16.2. The van der Waals surface area contributed by atoms with Crippen molar-refractivity contribution in [3.05, 3.63) is 66.2 Å². The number of nitrogens with zero attached hydrogens (tertiary/aromatic N) is 3. The van der Waals surface area contributed by atoms with Gasteiger partial charge in [-0.2, -0.15) is 0 Å². The van der Waals surface area contributed by atoms with Crippen molar-refractivity contribution < 1.29 is 4.79 Å². The second-order valence-electron chi connectivity index (χ2n) is 7.57. The highest BCUT2D eigenvalue weighted by molar-refractivity contribution is 5.90. The molecule has 3 aromatic rings. The second-order valence-corrected chi connectivity index (χ2v) is 7.57. The number of amides is 1. The van der Waals surface area contributed by atoms with Gasteiger partial charge >= 0.3 is 0 Å². The number of likely N-dealkylation sites (tertiary alicyclic amines) is 1. The first kappa shape index (κ1) is 16.8. The molecule has 0 aliphatic carbocycles. The van der Waals surface area contributed by atoms with Crippen LogP contribution in [0.15, 0.2) is 54.9 Å². The number of imidazole rings is 1. The molecule has 4 heteroatoms. The van der Waals surface area contributed by atoms with E-state index in [0.717, 1.165) is 31.0 Å². The van der Waals surface area contributed by atoms with Crippen molar-refractivity contribution in [3.8, 4) is 0 Å². The van der Waals surface area contributed by atoms with Crippen molar-refractivity contribution in [1.82, 2.24) is 14.5 Å². The molecule has 134 valence electrons. The zero-order valence-electron chi connectivity index (χ0n) is 15.4. The lowest BCUT2D eigenvalue weighted by Gasteiger charge is -2.40. The van der Waals surface area contributed by atoms with Crippen LogP contribution in [0.2, 0.25) is 0 Å². The fraction of sp³-hybridized carbons (Fsp3) is 0.364. The van der Waals surface area contributed by atoms with Gasteiger partial charge in [-0.3, -0.25) is 4.79 Å². The second kappa shape index (κ2) is 6.94. The van der Waals surface area contributed by atoms with Crippen molar-refractivity contribution in [3.63, 3.8) is 0 Å². The summed E-state index contributed by atoms with van der Waals surface area (Å²) < 4.78 is 2.24. The molecule has 1 fully saturated rings. The van der Waals surface area contributed by atoms with E-state index in [1.807, 2.05) is 29.3 Å². The maximum absolute atomic E-state index is 12.7. The summed E-state index contributed by atoms with van der Waals surface area (Å²) >= 11 is 0. The van der Waals surface area contributed by atoms with E-state index in [1.165, 1.54) is 10.8 Å². The van der Waals surface area contributed by atoms with Crippen molar-refractivity contribution >= 4 is 16.7 Å². The zero-order valence-corrected chi connectivity index (χ0v) is 15.4. The fourth-order valence-electron chi connectivity index (χ4n) is 3.86. The minimum absolute atomic E-state index is 0.229. The molecular formula is C22H25N3O. The quantitative estimate of drug-likeness (QED) is 0.703. The van der Waals surface area contributed by atoms with Gasteiger partial charge in [0.1, 0.15) is 5.82 Å². The zero-order chi connectivity index (χ0) is 18.1.